The molecule has 1 aromatic carbocycles. The molecule has 150 valence electrons. The highest BCUT2D eigenvalue weighted by Gasteiger charge is 2.30. The minimum atomic E-state index is -0.560. The highest BCUT2D eigenvalue weighted by atomic mass is 16.6. The van der Waals surface area contributed by atoms with Gasteiger partial charge < -0.3 is 19.7 Å². The van der Waals surface area contributed by atoms with Gasteiger partial charge in [-0.05, 0) is 39.0 Å². The van der Waals surface area contributed by atoms with Crippen LogP contribution in [0.5, 0.6) is 5.75 Å². The van der Waals surface area contributed by atoms with Crippen LogP contribution >= 0.6 is 0 Å². The molecule has 2 amide bonds. The van der Waals surface area contributed by atoms with E-state index in [-0.39, 0.29) is 12.0 Å². The maximum Gasteiger partial charge on any atom is 0.410 e. The van der Waals surface area contributed by atoms with E-state index in [1.54, 1.807) is 48.0 Å². The predicted molar refractivity (Wildman–Crippen MR) is 105 cm³/mol. The van der Waals surface area contributed by atoms with Crippen molar-refractivity contribution in [2.24, 2.45) is 7.05 Å². The van der Waals surface area contributed by atoms with Gasteiger partial charge in [0.1, 0.15) is 17.2 Å². The predicted octanol–water partition coefficient (Wildman–Crippen LogP) is 2.97. The van der Waals surface area contributed by atoms with E-state index >= 15 is 0 Å². The van der Waals surface area contributed by atoms with E-state index in [1.807, 2.05) is 20.8 Å². The molecule has 0 fully saturated rings. The zero-order valence-electron chi connectivity index (χ0n) is 16.9. The highest BCUT2D eigenvalue weighted by Crippen LogP contribution is 2.27. The van der Waals surface area contributed by atoms with Crippen LogP contribution in [0.25, 0.3) is 0 Å². The van der Waals surface area contributed by atoms with Gasteiger partial charge in [-0.1, -0.05) is 6.07 Å². The SMILES string of the molecule is COc1cccc(C(=O)Nc2c3c(nn2C)CCN(C(=O)OC(C)(C)C)C3)c1. The second-order valence-electron chi connectivity index (χ2n) is 7.74. The normalized spacial score (nSPS) is 13.7. The Morgan fingerprint density at radius 2 is 2.00 bits per heavy atom. The molecule has 0 atom stereocenters. The van der Waals surface area contributed by atoms with Gasteiger partial charge in [-0.2, -0.15) is 5.10 Å². The summed E-state index contributed by atoms with van der Waals surface area (Å²) < 4.78 is 12.3. The zero-order valence-corrected chi connectivity index (χ0v) is 16.9. The van der Waals surface area contributed by atoms with Crippen molar-refractivity contribution in [1.29, 1.82) is 0 Å². The molecule has 8 nitrogen and oxygen atoms in total. The van der Waals surface area contributed by atoms with Crippen LogP contribution in [0.2, 0.25) is 0 Å². The number of aryl methyl sites for hydroxylation is 1. The van der Waals surface area contributed by atoms with Gasteiger partial charge in [0.2, 0.25) is 0 Å². The lowest BCUT2D eigenvalue weighted by Gasteiger charge is -2.29. The summed E-state index contributed by atoms with van der Waals surface area (Å²) in [5.41, 5.74) is 1.63. The fourth-order valence-corrected chi connectivity index (χ4v) is 3.08. The van der Waals surface area contributed by atoms with Crippen LogP contribution in [0.15, 0.2) is 24.3 Å². The second kappa shape index (κ2) is 7.53. The van der Waals surface area contributed by atoms with E-state index in [9.17, 15) is 9.59 Å². The number of fused-ring (bicyclic) bond motifs is 1. The molecule has 2 aromatic rings. The minimum absolute atomic E-state index is 0.265. The van der Waals surface area contributed by atoms with Crippen LogP contribution in [-0.2, 0) is 24.8 Å². The number of nitrogens with zero attached hydrogens (tertiary/aromatic N) is 3. The Bertz CT molecular complexity index is 898. The summed E-state index contributed by atoms with van der Waals surface area (Å²) in [7, 11) is 3.33. The average Bonchev–Trinajstić information content (AvgIpc) is 2.95. The lowest BCUT2D eigenvalue weighted by molar-refractivity contribution is 0.0224. The van der Waals surface area contributed by atoms with E-state index < -0.39 is 5.60 Å². The van der Waals surface area contributed by atoms with Crippen LogP contribution in [-0.4, -0.2) is 45.9 Å². The molecule has 1 aliphatic rings. The third kappa shape index (κ3) is 4.27. The van der Waals surface area contributed by atoms with Gasteiger partial charge in [-0.25, -0.2) is 4.79 Å². The van der Waals surface area contributed by atoms with Gasteiger partial charge in [0, 0.05) is 31.1 Å². The molecule has 1 aromatic heterocycles. The molecule has 1 N–H and O–H groups in total. The molecular weight excluding hydrogens is 360 g/mol. The number of rotatable bonds is 3. The summed E-state index contributed by atoms with van der Waals surface area (Å²) in [6, 6.07) is 6.93. The van der Waals surface area contributed by atoms with Gasteiger partial charge >= 0.3 is 6.09 Å². The third-order valence-electron chi connectivity index (χ3n) is 4.41. The van der Waals surface area contributed by atoms with Gasteiger partial charge in [0.15, 0.2) is 0 Å². The molecule has 0 saturated heterocycles. The topological polar surface area (TPSA) is 85.7 Å². The first-order valence-electron chi connectivity index (χ1n) is 9.16. The van der Waals surface area contributed by atoms with E-state index in [0.717, 1.165) is 11.3 Å². The van der Waals surface area contributed by atoms with Crippen LogP contribution < -0.4 is 10.1 Å². The average molecular weight is 386 g/mol. The van der Waals surface area contributed by atoms with E-state index in [4.69, 9.17) is 9.47 Å². The number of methoxy groups -OCH3 is 1. The number of benzene rings is 1. The molecule has 0 bridgehead atoms. The Kier molecular flexibility index (Phi) is 5.31. The molecule has 2 heterocycles. The first-order chi connectivity index (χ1) is 13.2. The van der Waals surface area contributed by atoms with Gasteiger partial charge in [0.25, 0.3) is 5.91 Å². The number of aromatic nitrogens is 2. The number of amides is 2. The quantitative estimate of drug-likeness (QED) is 0.876. The van der Waals surface area contributed by atoms with Crippen molar-refractivity contribution in [1.82, 2.24) is 14.7 Å². The summed E-state index contributed by atoms with van der Waals surface area (Å²) in [6.07, 6.45) is 0.240. The van der Waals surface area contributed by atoms with E-state index in [0.29, 0.717) is 36.6 Å². The summed E-state index contributed by atoms with van der Waals surface area (Å²) in [5, 5.41) is 7.42. The summed E-state index contributed by atoms with van der Waals surface area (Å²) in [5.74, 6) is 0.922. The molecule has 3 rings (SSSR count). The largest absolute Gasteiger partial charge is 0.497 e. The van der Waals surface area contributed by atoms with Crippen molar-refractivity contribution < 1.29 is 19.1 Å². The molecule has 0 saturated carbocycles. The standard InChI is InChI=1S/C20H26N4O4/c1-20(2,3)28-19(26)24-10-9-16-15(12-24)17(23(4)22-16)21-18(25)13-7-6-8-14(11-13)27-5/h6-8,11H,9-10,12H2,1-5H3,(H,21,25). The van der Waals surface area contributed by atoms with Crippen LogP contribution in [0.4, 0.5) is 10.6 Å². The number of carbonyl (C=O) groups excluding carboxylic acids is 2. The molecule has 0 radical (unpaired) electrons. The minimum Gasteiger partial charge on any atom is -0.497 e. The van der Waals surface area contributed by atoms with Crippen LogP contribution in [0, 0.1) is 0 Å². The van der Waals surface area contributed by atoms with Gasteiger partial charge in [-0.15, -0.1) is 0 Å². The van der Waals surface area contributed by atoms with E-state index in [1.165, 1.54) is 0 Å². The molecule has 0 unspecified atom stereocenters. The number of hydrogen-bond acceptors (Lipinski definition) is 5. The van der Waals surface area contributed by atoms with Crippen molar-refractivity contribution in [3.63, 3.8) is 0 Å². The molecule has 8 heteroatoms. The number of ether oxygens (including phenoxy) is 2. The third-order valence-corrected chi connectivity index (χ3v) is 4.41. The Balaban J connectivity index is 1.80. The Hall–Kier alpha value is -3.03. The molecule has 1 aliphatic heterocycles. The van der Waals surface area contributed by atoms with Crippen molar-refractivity contribution in [2.45, 2.75) is 39.3 Å². The van der Waals surface area contributed by atoms with Gasteiger partial charge in [0.05, 0.1) is 19.3 Å². The zero-order chi connectivity index (χ0) is 20.5. The first kappa shape index (κ1) is 19.7. The lowest BCUT2D eigenvalue weighted by Crippen LogP contribution is -2.40. The molecule has 28 heavy (non-hydrogen) atoms. The van der Waals surface area contributed by atoms with E-state index in [2.05, 4.69) is 10.4 Å². The van der Waals surface area contributed by atoms with Crippen molar-refractivity contribution >= 4 is 17.8 Å². The maximum atomic E-state index is 12.7. The second-order valence-corrected chi connectivity index (χ2v) is 7.74. The maximum absolute atomic E-state index is 12.7. The van der Waals surface area contributed by atoms with Crippen molar-refractivity contribution in [3.8, 4) is 5.75 Å². The molecule has 0 spiro atoms. The highest BCUT2D eigenvalue weighted by molar-refractivity contribution is 6.04. The number of anilines is 1. The summed E-state index contributed by atoms with van der Waals surface area (Å²) >= 11 is 0. The smallest absolute Gasteiger partial charge is 0.410 e. The number of hydrogen-bond donors (Lipinski definition) is 1. The Labute approximate surface area is 164 Å². The number of carbonyl (C=O) groups is 2. The van der Waals surface area contributed by atoms with Crippen LogP contribution in [0.1, 0.15) is 42.4 Å². The molecule has 0 aliphatic carbocycles. The lowest BCUT2D eigenvalue weighted by atomic mass is 10.1. The summed E-state index contributed by atoms with van der Waals surface area (Å²) in [6.45, 7) is 6.38. The van der Waals surface area contributed by atoms with Crippen molar-refractivity contribution in [2.75, 3.05) is 19.0 Å². The van der Waals surface area contributed by atoms with Crippen LogP contribution in [0.3, 0.4) is 0 Å². The first-order valence-corrected chi connectivity index (χ1v) is 9.16. The Morgan fingerprint density at radius 1 is 1.25 bits per heavy atom. The van der Waals surface area contributed by atoms with Crippen molar-refractivity contribution in [3.05, 3.63) is 41.1 Å². The number of nitrogens with one attached hydrogen (secondary N) is 1. The Morgan fingerprint density at radius 3 is 2.68 bits per heavy atom. The summed E-state index contributed by atoms with van der Waals surface area (Å²) in [4.78, 5) is 26.8. The molecular formula is C20H26N4O4. The van der Waals surface area contributed by atoms with Gasteiger partial charge in [-0.3, -0.25) is 9.48 Å². The fourth-order valence-electron chi connectivity index (χ4n) is 3.08. The monoisotopic (exact) mass is 386 g/mol. The fraction of sp³-hybridized carbons (Fsp3) is 0.450.